The van der Waals surface area contributed by atoms with Gasteiger partial charge in [0.05, 0.1) is 0 Å². The number of nitrogens with one attached hydrogen (secondary N) is 1. The monoisotopic (exact) mass is 262 g/mol. The van der Waals surface area contributed by atoms with Crippen molar-refractivity contribution in [1.29, 1.82) is 0 Å². The summed E-state index contributed by atoms with van der Waals surface area (Å²) in [5, 5.41) is 7.03. The van der Waals surface area contributed by atoms with E-state index in [1.165, 1.54) is 5.56 Å². The third-order valence-corrected chi connectivity index (χ3v) is 3.23. The average molecular weight is 263 g/mol. The maximum atomic E-state index is 11.5. The Morgan fingerprint density at radius 1 is 1.56 bits per heavy atom. The molecule has 0 saturated heterocycles. The molecule has 0 fully saturated rings. The van der Waals surface area contributed by atoms with Crippen molar-refractivity contribution in [1.82, 2.24) is 5.32 Å². The van der Waals surface area contributed by atoms with E-state index in [1.807, 2.05) is 19.2 Å². The number of hydrogen-bond donors (Lipinski definition) is 2. The van der Waals surface area contributed by atoms with Gasteiger partial charge in [0, 0.05) is 18.5 Å². The van der Waals surface area contributed by atoms with Crippen LogP contribution in [-0.2, 0) is 11.2 Å². The third kappa shape index (κ3) is 4.96. The molecule has 1 rings (SSSR count). The van der Waals surface area contributed by atoms with Crippen LogP contribution < -0.4 is 11.1 Å². The summed E-state index contributed by atoms with van der Waals surface area (Å²) >= 11 is 1.68. The maximum Gasteiger partial charge on any atom is 0.224 e. The molecule has 1 aromatic rings. The van der Waals surface area contributed by atoms with Crippen molar-refractivity contribution in [3.63, 3.8) is 0 Å². The summed E-state index contributed by atoms with van der Waals surface area (Å²) in [5.74, 6) is -0.0762. The zero-order chi connectivity index (χ0) is 11.3. The molecule has 3 nitrogen and oxygen atoms in total. The molecule has 2 unspecified atom stereocenters. The molecule has 16 heavy (non-hydrogen) atoms. The van der Waals surface area contributed by atoms with E-state index in [9.17, 15) is 4.79 Å². The highest BCUT2D eigenvalue weighted by molar-refractivity contribution is 7.07. The highest BCUT2D eigenvalue weighted by atomic mass is 35.5. The number of rotatable bonds is 5. The lowest BCUT2D eigenvalue weighted by Gasteiger charge is -2.14. The van der Waals surface area contributed by atoms with E-state index >= 15 is 0 Å². The van der Waals surface area contributed by atoms with Crippen LogP contribution in [-0.4, -0.2) is 18.5 Å². The summed E-state index contributed by atoms with van der Waals surface area (Å²) < 4.78 is 0. The SMILES string of the molecule is CC(N)C(C)C(=O)NCCc1ccsc1.Cl. The molecule has 1 heterocycles. The predicted octanol–water partition coefficient (Wildman–Crippen LogP) is 1.81. The standard InChI is InChI=1S/C11H18N2OS.ClH/c1-8(9(2)12)11(14)13-5-3-10-4-6-15-7-10;/h4,6-9H,3,5,12H2,1-2H3,(H,13,14);1H. The Morgan fingerprint density at radius 2 is 2.25 bits per heavy atom. The summed E-state index contributed by atoms with van der Waals surface area (Å²) in [6, 6.07) is 1.98. The van der Waals surface area contributed by atoms with Crippen LogP contribution in [0.5, 0.6) is 0 Å². The van der Waals surface area contributed by atoms with Crippen molar-refractivity contribution in [3.8, 4) is 0 Å². The summed E-state index contributed by atoms with van der Waals surface area (Å²) in [6.45, 7) is 4.39. The fourth-order valence-electron chi connectivity index (χ4n) is 1.16. The molecule has 1 amide bonds. The first-order valence-corrected chi connectivity index (χ1v) is 6.10. The van der Waals surface area contributed by atoms with Gasteiger partial charge in [0.25, 0.3) is 0 Å². The lowest BCUT2D eigenvalue weighted by Crippen LogP contribution is -2.39. The van der Waals surface area contributed by atoms with Crippen molar-refractivity contribution >= 4 is 29.7 Å². The van der Waals surface area contributed by atoms with Gasteiger partial charge in [-0.05, 0) is 35.7 Å². The molecule has 5 heteroatoms. The number of carbonyl (C=O) groups is 1. The largest absolute Gasteiger partial charge is 0.355 e. The van der Waals surface area contributed by atoms with Crippen molar-refractivity contribution < 1.29 is 4.79 Å². The lowest BCUT2D eigenvalue weighted by molar-refractivity contribution is -0.124. The van der Waals surface area contributed by atoms with Crippen LogP contribution in [0.25, 0.3) is 0 Å². The van der Waals surface area contributed by atoms with Crippen LogP contribution in [0.4, 0.5) is 0 Å². The molecule has 0 bridgehead atoms. The molecule has 1 aromatic heterocycles. The fraction of sp³-hybridized carbons (Fsp3) is 0.545. The van der Waals surface area contributed by atoms with Crippen LogP contribution in [0.3, 0.4) is 0 Å². The van der Waals surface area contributed by atoms with E-state index in [0.717, 1.165) is 6.42 Å². The molecule has 0 aliphatic heterocycles. The van der Waals surface area contributed by atoms with Gasteiger partial charge in [-0.1, -0.05) is 6.92 Å². The highest BCUT2D eigenvalue weighted by Gasteiger charge is 2.15. The Labute approximate surface area is 107 Å². The first-order chi connectivity index (χ1) is 7.11. The van der Waals surface area contributed by atoms with E-state index < -0.39 is 0 Å². The molecule has 3 N–H and O–H groups in total. The van der Waals surface area contributed by atoms with Gasteiger partial charge in [-0.3, -0.25) is 4.79 Å². The van der Waals surface area contributed by atoms with E-state index in [0.29, 0.717) is 6.54 Å². The van der Waals surface area contributed by atoms with E-state index in [2.05, 4.69) is 16.8 Å². The van der Waals surface area contributed by atoms with Gasteiger partial charge in [0.1, 0.15) is 0 Å². The fourth-order valence-corrected chi connectivity index (χ4v) is 1.87. The van der Waals surface area contributed by atoms with Crippen LogP contribution in [0.1, 0.15) is 19.4 Å². The molecule has 0 saturated carbocycles. The van der Waals surface area contributed by atoms with Gasteiger partial charge in [-0.15, -0.1) is 12.4 Å². The first kappa shape index (κ1) is 15.4. The molecule has 0 radical (unpaired) electrons. The average Bonchev–Trinajstić information content (AvgIpc) is 2.69. The highest BCUT2D eigenvalue weighted by Crippen LogP contribution is 2.06. The van der Waals surface area contributed by atoms with E-state index in [4.69, 9.17) is 5.73 Å². The molecule has 0 aliphatic rings. The third-order valence-electron chi connectivity index (χ3n) is 2.50. The minimum atomic E-state index is -0.118. The summed E-state index contributed by atoms with van der Waals surface area (Å²) in [7, 11) is 0. The molecule has 0 aromatic carbocycles. The smallest absolute Gasteiger partial charge is 0.224 e. The quantitative estimate of drug-likeness (QED) is 0.850. The zero-order valence-electron chi connectivity index (χ0n) is 9.60. The normalized spacial score (nSPS) is 13.7. The Balaban J connectivity index is 0.00000225. The number of carbonyl (C=O) groups excluding carboxylic acids is 1. The number of halogens is 1. The Morgan fingerprint density at radius 3 is 2.75 bits per heavy atom. The number of thiophene rings is 1. The number of nitrogens with two attached hydrogens (primary N) is 1. The van der Waals surface area contributed by atoms with E-state index in [1.54, 1.807) is 11.3 Å². The molecular formula is C11H19ClN2OS. The number of hydrogen-bond acceptors (Lipinski definition) is 3. The van der Waals surface area contributed by atoms with E-state index in [-0.39, 0.29) is 30.3 Å². The summed E-state index contributed by atoms with van der Waals surface area (Å²) in [5.41, 5.74) is 6.92. The minimum Gasteiger partial charge on any atom is -0.355 e. The topological polar surface area (TPSA) is 55.1 Å². The first-order valence-electron chi connectivity index (χ1n) is 5.15. The second kappa shape index (κ2) is 7.65. The Kier molecular flexibility index (Phi) is 7.38. The Hall–Kier alpha value is -0.580. The van der Waals surface area contributed by atoms with Crippen LogP contribution in [0.15, 0.2) is 16.8 Å². The Bertz CT molecular complexity index is 301. The molecule has 2 atom stereocenters. The van der Waals surface area contributed by atoms with Crippen LogP contribution in [0.2, 0.25) is 0 Å². The van der Waals surface area contributed by atoms with Gasteiger partial charge in [-0.25, -0.2) is 0 Å². The van der Waals surface area contributed by atoms with Crippen molar-refractivity contribution in [2.75, 3.05) is 6.54 Å². The lowest BCUT2D eigenvalue weighted by atomic mass is 10.0. The molecule has 92 valence electrons. The summed E-state index contributed by atoms with van der Waals surface area (Å²) in [4.78, 5) is 11.5. The second-order valence-electron chi connectivity index (χ2n) is 3.82. The van der Waals surface area contributed by atoms with Gasteiger partial charge >= 0.3 is 0 Å². The maximum absolute atomic E-state index is 11.5. The van der Waals surface area contributed by atoms with Gasteiger partial charge in [0.15, 0.2) is 0 Å². The van der Waals surface area contributed by atoms with Gasteiger partial charge in [-0.2, -0.15) is 11.3 Å². The zero-order valence-corrected chi connectivity index (χ0v) is 11.2. The minimum absolute atomic E-state index is 0. The molecular weight excluding hydrogens is 244 g/mol. The van der Waals surface area contributed by atoms with Crippen LogP contribution in [0, 0.1) is 5.92 Å². The van der Waals surface area contributed by atoms with Crippen molar-refractivity contribution in [2.24, 2.45) is 11.7 Å². The molecule has 0 spiro atoms. The van der Waals surface area contributed by atoms with Gasteiger partial charge < -0.3 is 11.1 Å². The van der Waals surface area contributed by atoms with Crippen LogP contribution >= 0.6 is 23.7 Å². The second-order valence-corrected chi connectivity index (χ2v) is 4.60. The summed E-state index contributed by atoms with van der Waals surface area (Å²) in [6.07, 6.45) is 0.890. The van der Waals surface area contributed by atoms with Crippen molar-refractivity contribution in [2.45, 2.75) is 26.3 Å². The van der Waals surface area contributed by atoms with Crippen molar-refractivity contribution in [3.05, 3.63) is 22.4 Å². The van der Waals surface area contributed by atoms with Gasteiger partial charge in [0.2, 0.25) is 5.91 Å². The number of amides is 1. The molecule has 0 aliphatic carbocycles. The predicted molar refractivity (Wildman–Crippen MR) is 71.1 cm³/mol.